The van der Waals surface area contributed by atoms with Gasteiger partial charge in [-0.05, 0) is 73.5 Å². The Balaban J connectivity index is 0.000000347. The number of azo groups is 2. The van der Waals surface area contributed by atoms with Gasteiger partial charge in [-0.15, -0.1) is 56.6 Å². The third kappa shape index (κ3) is 13.4. The molecule has 0 fully saturated rings. The van der Waals surface area contributed by atoms with E-state index in [0.717, 1.165) is 22.5 Å². The number of hydrogen-bond donors (Lipinski definition) is 0. The summed E-state index contributed by atoms with van der Waals surface area (Å²) in [6.07, 6.45) is 0. The Hall–Kier alpha value is -3.70. The quantitative estimate of drug-likeness (QED) is 0.0637. The molecule has 0 heterocycles. The van der Waals surface area contributed by atoms with E-state index in [1.54, 1.807) is 36.4 Å². The van der Waals surface area contributed by atoms with Crippen molar-refractivity contribution in [2.24, 2.45) is 20.5 Å². The van der Waals surface area contributed by atoms with E-state index in [-0.39, 0.29) is 39.6 Å². The van der Waals surface area contributed by atoms with Crippen molar-refractivity contribution in [2.45, 2.75) is 13.8 Å². The van der Waals surface area contributed by atoms with Crippen LogP contribution in [0.25, 0.3) is 0 Å². The van der Waals surface area contributed by atoms with Gasteiger partial charge in [-0.2, -0.15) is 10.2 Å². The molecule has 0 aliphatic carbocycles. The molecular weight excluding hydrogens is 786 g/mol. The third-order valence-electron chi connectivity index (χ3n) is 7.29. The maximum absolute atomic E-state index is 11.1. The Kier molecular flexibility index (Phi) is 19.6. The Morgan fingerprint density at radius 2 is 0.843 bits per heavy atom. The van der Waals surface area contributed by atoms with Crippen molar-refractivity contribution in [1.29, 1.82) is 0 Å². The summed E-state index contributed by atoms with van der Waals surface area (Å²) in [5.74, 6) is -0.511. The molecule has 15 heteroatoms. The van der Waals surface area contributed by atoms with Gasteiger partial charge in [0.1, 0.15) is 0 Å². The molecule has 0 saturated heterocycles. The summed E-state index contributed by atoms with van der Waals surface area (Å²) in [6, 6.07) is 24.2. The van der Waals surface area contributed by atoms with Gasteiger partial charge in [0.05, 0.1) is 34.7 Å². The fourth-order valence-electron chi connectivity index (χ4n) is 4.73. The first-order valence-electron chi connectivity index (χ1n) is 15.5. The molecular formula is C36H36Cl4CuN6O4. The third-order valence-corrected chi connectivity index (χ3v) is 7.96. The van der Waals surface area contributed by atoms with Crippen molar-refractivity contribution in [3.63, 3.8) is 0 Å². The van der Waals surface area contributed by atoms with E-state index in [0.29, 0.717) is 61.1 Å². The van der Waals surface area contributed by atoms with Crippen molar-refractivity contribution >= 4 is 92.5 Å². The van der Waals surface area contributed by atoms with Gasteiger partial charge in [0, 0.05) is 72.2 Å². The molecule has 4 aromatic carbocycles. The van der Waals surface area contributed by atoms with E-state index in [1.807, 2.05) is 50.2 Å². The molecule has 273 valence electrons. The molecule has 0 saturated carbocycles. The fourth-order valence-corrected chi connectivity index (χ4v) is 5.54. The molecule has 0 N–H and O–H groups in total. The number of carboxylic acid groups (broad SMARTS) is 2. The molecule has 0 atom stereocenters. The molecule has 0 aromatic heterocycles. The number of benzene rings is 4. The van der Waals surface area contributed by atoms with E-state index in [2.05, 4.69) is 30.3 Å². The minimum atomic E-state index is -1.28. The van der Waals surface area contributed by atoms with Gasteiger partial charge >= 0.3 is 17.1 Å². The van der Waals surface area contributed by atoms with Gasteiger partial charge in [0.2, 0.25) is 0 Å². The van der Waals surface area contributed by atoms with Gasteiger partial charge in [0.15, 0.2) is 0 Å². The molecule has 0 unspecified atom stereocenters. The molecule has 10 nitrogen and oxygen atoms in total. The maximum atomic E-state index is 11.1. The van der Waals surface area contributed by atoms with Crippen LogP contribution in [0, 0.1) is 13.8 Å². The summed E-state index contributed by atoms with van der Waals surface area (Å²) in [5.41, 5.74) is 5.71. The summed E-state index contributed by atoms with van der Waals surface area (Å²) in [5, 5.41) is 38.7. The molecule has 4 aromatic rings. The molecule has 0 amide bonds. The topological polar surface area (TPSA) is 136 Å². The van der Waals surface area contributed by atoms with Crippen LogP contribution >= 0.6 is 46.4 Å². The van der Waals surface area contributed by atoms with Crippen LogP contribution < -0.4 is 20.0 Å². The van der Waals surface area contributed by atoms with E-state index >= 15 is 0 Å². The second-order valence-corrected chi connectivity index (χ2v) is 12.2. The number of nitrogens with zero attached hydrogens (tertiary/aromatic N) is 6. The molecule has 1 radical (unpaired) electrons. The van der Waals surface area contributed by atoms with Gasteiger partial charge in [0.25, 0.3) is 0 Å². The van der Waals surface area contributed by atoms with Crippen molar-refractivity contribution in [3.8, 4) is 0 Å². The fraction of sp³-hybridized carbons (Fsp3) is 0.278. The van der Waals surface area contributed by atoms with Gasteiger partial charge in [-0.3, -0.25) is 0 Å². The maximum Gasteiger partial charge on any atom is 2.00 e. The minimum absolute atomic E-state index is 0. The zero-order chi connectivity index (χ0) is 36.5. The number of halogens is 4. The second-order valence-electron chi connectivity index (χ2n) is 10.7. The Labute approximate surface area is 328 Å². The van der Waals surface area contributed by atoms with Crippen LogP contribution in [0.5, 0.6) is 0 Å². The predicted octanol–water partition coefficient (Wildman–Crippen LogP) is 8.11. The summed E-state index contributed by atoms with van der Waals surface area (Å²) in [4.78, 5) is 26.4. The number of carboxylic acids is 2. The molecule has 0 bridgehead atoms. The average Bonchev–Trinajstić information content (AvgIpc) is 3.11. The largest absolute Gasteiger partial charge is 2.00 e. The number of anilines is 2. The van der Waals surface area contributed by atoms with Crippen molar-refractivity contribution in [2.75, 3.05) is 59.5 Å². The first kappa shape index (κ1) is 43.5. The summed E-state index contributed by atoms with van der Waals surface area (Å²) in [6.45, 7) is 6.65. The molecule has 4 rings (SSSR count). The predicted molar refractivity (Wildman–Crippen MR) is 200 cm³/mol. The van der Waals surface area contributed by atoms with E-state index < -0.39 is 11.9 Å². The first-order chi connectivity index (χ1) is 24.1. The van der Waals surface area contributed by atoms with E-state index in [1.165, 1.54) is 12.1 Å². The SMILES string of the molecule is Cc1cc(N(CCCl)CCCl)ccc1N=Nc1ccccc1C(=O)[O-].Cc1cc(N(CCCl)CCCl)ccc1N=Nc1ccccc1C(=O)[O-].[Cu+2]. The minimum Gasteiger partial charge on any atom is -0.545 e. The van der Waals surface area contributed by atoms with Crippen LogP contribution in [0.4, 0.5) is 34.1 Å². The van der Waals surface area contributed by atoms with Crippen molar-refractivity contribution in [3.05, 3.63) is 107 Å². The molecule has 0 spiro atoms. The zero-order valence-corrected chi connectivity index (χ0v) is 31.8. The zero-order valence-electron chi connectivity index (χ0n) is 27.9. The Morgan fingerprint density at radius 1 is 0.529 bits per heavy atom. The van der Waals surface area contributed by atoms with Gasteiger partial charge in [-0.1, -0.05) is 36.4 Å². The second kappa shape index (κ2) is 23.0. The average molecular weight is 822 g/mol. The van der Waals surface area contributed by atoms with Gasteiger partial charge in [-0.25, -0.2) is 0 Å². The van der Waals surface area contributed by atoms with E-state index in [9.17, 15) is 19.8 Å². The standard InChI is InChI=1S/2C18H19Cl2N3O2.Cu/c2*1-13-12-14(23(10-8-19)11-9-20)6-7-16(13)21-22-17-5-3-2-4-15(17)18(24)25;/h2*2-7,12H,8-11H2,1H3,(H,24,25);/q;;+2/p-2. The van der Waals surface area contributed by atoms with Crippen LogP contribution in [-0.4, -0.2) is 61.6 Å². The summed E-state index contributed by atoms with van der Waals surface area (Å²) < 4.78 is 0. The van der Waals surface area contributed by atoms with Crippen molar-refractivity contribution < 1.29 is 36.9 Å². The first-order valence-corrected chi connectivity index (χ1v) is 17.7. The number of aromatic carboxylic acids is 2. The van der Waals surface area contributed by atoms with Crippen LogP contribution in [0.2, 0.25) is 0 Å². The number of hydrogen-bond acceptors (Lipinski definition) is 10. The number of rotatable bonds is 16. The normalized spacial score (nSPS) is 10.8. The van der Waals surface area contributed by atoms with Crippen LogP contribution in [0.15, 0.2) is 105 Å². The van der Waals surface area contributed by atoms with Crippen LogP contribution in [-0.2, 0) is 17.1 Å². The molecule has 0 aliphatic heterocycles. The number of aryl methyl sites for hydroxylation is 2. The van der Waals surface area contributed by atoms with Crippen LogP contribution in [0.1, 0.15) is 31.8 Å². The number of alkyl halides is 4. The van der Waals surface area contributed by atoms with E-state index in [4.69, 9.17) is 46.4 Å². The smallest absolute Gasteiger partial charge is 0.545 e. The monoisotopic (exact) mass is 819 g/mol. The number of carbonyl (C=O) groups excluding carboxylic acids is 2. The summed E-state index contributed by atoms with van der Waals surface area (Å²) >= 11 is 23.4. The van der Waals surface area contributed by atoms with Crippen LogP contribution in [0.3, 0.4) is 0 Å². The van der Waals surface area contributed by atoms with Gasteiger partial charge < -0.3 is 29.6 Å². The number of carbonyl (C=O) groups is 2. The van der Waals surface area contributed by atoms with Crippen molar-refractivity contribution in [1.82, 2.24) is 0 Å². The Bertz CT molecular complexity index is 1660. The molecule has 0 aliphatic rings. The molecule has 51 heavy (non-hydrogen) atoms. The Morgan fingerprint density at radius 3 is 1.14 bits per heavy atom. The summed E-state index contributed by atoms with van der Waals surface area (Å²) in [7, 11) is 0.